The summed E-state index contributed by atoms with van der Waals surface area (Å²) in [6, 6.07) is 4.82. The van der Waals surface area contributed by atoms with Gasteiger partial charge in [-0.15, -0.1) is 5.10 Å². The van der Waals surface area contributed by atoms with Gasteiger partial charge in [0.05, 0.1) is 6.54 Å². The van der Waals surface area contributed by atoms with Crippen molar-refractivity contribution in [3.8, 4) is 5.82 Å². The number of carbonyl (C=O) groups excluding carboxylic acids is 1. The highest BCUT2D eigenvalue weighted by atomic mass is 19.1. The summed E-state index contributed by atoms with van der Waals surface area (Å²) < 4.78 is 15.0. The number of carbonyl (C=O) groups is 1. The maximum Gasteiger partial charge on any atom is 0.239 e. The van der Waals surface area contributed by atoms with Crippen LogP contribution in [0.3, 0.4) is 0 Å². The molecule has 1 fully saturated rings. The van der Waals surface area contributed by atoms with Gasteiger partial charge in [0.15, 0.2) is 11.6 Å². The largest absolute Gasteiger partial charge is 0.360 e. The number of nitrogens with one attached hydrogen (secondary N) is 2. The summed E-state index contributed by atoms with van der Waals surface area (Å²) in [6.45, 7) is 0.151. The van der Waals surface area contributed by atoms with Crippen LogP contribution in [0.25, 0.3) is 5.82 Å². The van der Waals surface area contributed by atoms with E-state index in [1.54, 1.807) is 12.3 Å². The smallest absolute Gasteiger partial charge is 0.239 e. The van der Waals surface area contributed by atoms with Crippen molar-refractivity contribution in [3.63, 3.8) is 0 Å². The second-order valence-corrected chi connectivity index (χ2v) is 6.06. The van der Waals surface area contributed by atoms with Crippen LogP contribution in [0.1, 0.15) is 38.5 Å². The van der Waals surface area contributed by atoms with Gasteiger partial charge < -0.3 is 10.6 Å². The Kier molecular flexibility index (Phi) is 5.40. The molecule has 6 nitrogen and oxygen atoms in total. The molecule has 3 rings (SSSR count). The van der Waals surface area contributed by atoms with Crippen molar-refractivity contribution < 1.29 is 9.18 Å². The van der Waals surface area contributed by atoms with E-state index in [1.165, 1.54) is 48.7 Å². The number of amides is 1. The third-order valence-electron chi connectivity index (χ3n) is 4.20. The standard InChI is InChI=1S/C17H22FN5O/c18-14-8-5-10-19-17(14)23-11-9-15(22-23)20-12-16(24)21-13-6-3-1-2-4-7-13/h5,8-11,13H,1-4,6-7,12H2,(H,20,22)(H,21,24). The van der Waals surface area contributed by atoms with Gasteiger partial charge in [0, 0.05) is 24.5 Å². The second kappa shape index (κ2) is 7.90. The molecule has 1 amide bonds. The molecule has 0 radical (unpaired) electrons. The Hall–Kier alpha value is -2.44. The van der Waals surface area contributed by atoms with Gasteiger partial charge in [-0.3, -0.25) is 4.79 Å². The zero-order chi connectivity index (χ0) is 16.8. The van der Waals surface area contributed by atoms with Crippen molar-refractivity contribution in [3.05, 3.63) is 36.4 Å². The molecule has 1 aliphatic rings. The van der Waals surface area contributed by atoms with Crippen molar-refractivity contribution in [1.82, 2.24) is 20.1 Å². The molecule has 2 aromatic heterocycles. The number of nitrogens with zero attached hydrogens (tertiary/aromatic N) is 3. The first-order chi connectivity index (χ1) is 11.7. The van der Waals surface area contributed by atoms with E-state index >= 15 is 0 Å². The average Bonchev–Trinajstić information content (AvgIpc) is 2.90. The fraction of sp³-hybridized carbons (Fsp3) is 0.471. The molecule has 2 aromatic rings. The van der Waals surface area contributed by atoms with Crippen LogP contribution >= 0.6 is 0 Å². The van der Waals surface area contributed by atoms with E-state index in [0.29, 0.717) is 5.82 Å². The lowest BCUT2D eigenvalue weighted by Crippen LogP contribution is -2.38. The predicted molar refractivity (Wildman–Crippen MR) is 89.4 cm³/mol. The summed E-state index contributed by atoms with van der Waals surface area (Å²) in [6.07, 6.45) is 10.1. The Balaban J connectivity index is 1.52. The number of halogens is 1. The van der Waals surface area contributed by atoms with Crippen molar-refractivity contribution in [2.75, 3.05) is 11.9 Å². The van der Waals surface area contributed by atoms with Crippen LogP contribution in [0.15, 0.2) is 30.6 Å². The van der Waals surface area contributed by atoms with Crippen molar-refractivity contribution in [2.45, 2.75) is 44.6 Å². The predicted octanol–water partition coefficient (Wildman–Crippen LogP) is 2.66. The number of hydrogen-bond donors (Lipinski definition) is 2. The minimum Gasteiger partial charge on any atom is -0.360 e. The van der Waals surface area contributed by atoms with Gasteiger partial charge in [-0.2, -0.15) is 0 Å². The van der Waals surface area contributed by atoms with Crippen molar-refractivity contribution in [2.24, 2.45) is 0 Å². The van der Waals surface area contributed by atoms with Gasteiger partial charge in [-0.1, -0.05) is 25.7 Å². The Morgan fingerprint density at radius 3 is 2.79 bits per heavy atom. The Morgan fingerprint density at radius 2 is 2.04 bits per heavy atom. The third-order valence-corrected chi connectivity index (χ3v) is 4.20. The highest BCUT2D eigenvalue weighted by Gasteiger charge is 2.15. The van der Waals surface area contributed by atoms with Crippen LogP contribution in [0.5, 0.6) is 0 Å². The van der Waals surface area contributed by atoms with E-state index in [1.807, 2.05) is 0 Å². The van der Waals surface area contributed by atoms with Gasteiger partial charge in [-0.05, 0) is 25.0 Å². The molecule has 2 N–H and O–H groups in total. The second-order valence-electron chi connectivity index (χ2n) is 6.06. The van der Waals surface area contributed by atoms with Gasteiger partial charge in [0.25, 0.3) is 0 Å². The quantitative estimate of drug-likeness (QED) is 0.826. The van der Waals surface area contributed by atoms with E-state index in [-0.39, 0.29) is 24.3 Å². The maximum atomic E-state index is 13.7. The minimum atomic E-state index is -0.446. The average molecular weight is 331 g/mol. The van der Waals surface area contributed by atoms with Crippen LogP contribution in [0, 0.1) is 5.82 Å². The lowest BCUT2D eigenvalue weighted by atomic mass is 10.1. The van der Waals surface area contributed by atoms with Gasteiger partial charge in [-0.25, -0.2) is 14.1 Å². The van der Waals surface area contributed by atoms with E-state index in [9.17, 15) is 9.18 Å². The first-order valence-electron chi connectivity index (χ1n) is 8.42. The minimum absolute atomic E-state index is 0.0412. The molecule has 24 heavy (non-hydrogen) atoms. The molecule has 0 unspecified atom stereocenters. The van der Waals surface area contributed by atoms with Gasteiger partial charge in [0.2, 0.25) is 5.91 Å². The number of anilines is 1. The Bertz CT molecular complexity index is 679. The molecular weight excluding hydrogens is 309 g/mol. The molecule has 0 bridgehead atoms. The number of aromatic nitrogens is 3. The summed E-state index contributed by atoms with van der Waals surface area (Å²) in [4.78, 5) is 16.0. The summed E-state index contributed by atoms with van der Waals surface area (Å²) >= 11 is 0. The Morgan fingerprint density at radius 1 is 1.25 bits per heavy atom. The molecule has 128 valence electrons. The number of pyridine rings is 1. The summed E-state index contributed by atoms with van der Waals surface area (Å²) in [5, 5.41) is 10.2. The Labute approximate surface area is 140 Å². The van der Waals surface area contributed by atoms with Crippen LogP contribution < -0.4 is 10.6 Å². The first-order valence-corrected chi connectivity index (χ1v) is 8.42. The topological polar surface area (TPSA) is 71.8 Å². The van der Waals surface area contributed by atoms with Crippen LogP contribution in [0.4, 0.5) is 10.2 Å². The fourth-order valence-electron chi connectivity index (χ4n) is 2.96. The number of hydrogen-bond acceptors (Lipinski definition) is 4. The highest BCUT2D eigenvalue weighted by molar-refractivity contribution is 5.80. The zero-order valence-corrected chi connectivity index (χ0v) is 13.5. The summed E-state index contributed by atoms with van der Waals surface area (Å²) in [5.41, 5.74) is 0. The molecule has 0 spiro atoms. The lowest BCUT2D eigenvalue weighted by molar-refractivity contribution is -0.120. The van der Waals surface area contributed by atoms with E-state index in [4.69, 9.17) is 0 Å². The molecule has 1 aliphatic carbocycles. The monoisotopic (exact) mass is 331 g/mol. The third kappa shape index (κ3) is 4.31. The fourth-order valence-corrected chi connectivity index (χ4v) is 2.96. The van der Waals surface area contributed by atoms with Crippen molar-refractivity contribution in [1.29, 1.82) is 0 Å². The van der Waals surface area contributed by atoms with Gasteiger partial charge in [0.1, 0.15) is 5.82 Å². The molecule has 0 saturated heterocycles. The summed E-state index contributed by atoms with van der Waals surface area (Å²) in [7, 11) is 0. The lowest BCUT2D eigenvalue weighted by Gasteiger charge is -2.16. The molecule has 1 saturated carbocycles. The molecule has 7 heteroatoms. The van der Waals surface area contributed by atoms with Crippen LogP contribution in [-0.4, -0.2) is 33.3 Å². The molecule has 2 heterocycles. The molecule has 0 aromatic carbocycles. The maximum absolute atomic E-state index is 13.7. The van der Waals surface area contributed by atoms with E-state index < -0.39 is 5.82 Å². The highest BCUT2D eigenvalue weighted by Crippen LogP contribution is 2.17. The van der Waals surface area contributed by atoms with E-state index in [2.05, 4.69) is 20.7 Å². The molecule has 0 aliphatic heterocycles. The zero-order valence-electron chi connectivity index (χ0n) is 13.5. The molecule has 0 atom stereocenters. The first kappa shape index (κ1) is 16.4. The summed E-state index contributed by atoms with van der Waals surface area (Å²) in [5.74, 6) is 0.156. The molecular formula is C17H22FN5O. The SMILES string of the molecule is O=C(CNc1ccn(-c2ncccc2F)n1)NC1CCCCCC1. The van der Waals surface area contributed by atoms with Gasteiger partial charge >= 0.3 is 0 Å². The normalized spacial score (nSPS) is 15.7. The van der Waals surface area contributed by atoms with Crippen LogP contribution in [-0.2, 0) is 4.79 Å². The van der Waals surface area contributed by atoms with E-state index in [0.717, 1.165) is 12.8 Å². The van der Waals surface area contributed by atoms with Crippen molar-refractivity contribution >= 4 is 11.7 Å². The number of rotatable bonds is 5. The van der Waals surface area contributed by atoms with Crippen LogP contribution in [0.2, 0.25) is 0 Å².